The van der Waals surface area contributed by atoms with Gasteiger partial charge in [0.15, 0.2) is 0 Å². The minimum atomic E-state index is -0.547. The topological polar surface area (TPSA) is 89.8 Å². The molecule has 1 atom stereocenters. The number of aryl methyl sites for hydroxylation is 1. The molecule has 8 nitrogen and oxygen atoms in total. The zero-order valence-corrected chi connectivity index (χ0v) is 24.2. The van der Waals surface area contributed by atoms with Crippen LogP contribution >= 0.6 is 0 Å². The van der Waals surface area contributed by atoms with Crippen molar-refractivity contribution in [3.63, 3.8) is 0 Å². The van der Waals surface area contributed by atoms with Gasteiger partial charge < -0.3 is 20.1 Å². The van der Waals surface area contributed by atoms with E-state index in [9.17, 15) is 4.79 Å². The highest BCUT2D eigenvalue weighted by atomic mass is 16.6. The zero-order valence-electron chi connectivity index (χ0n) is 24.2. The van der Waals surface area contributed by atoms with E-state index in [-0.39, 0.29) is 12.1 Å². The van der Waals surface area contributed by atoms with E-state index in [2.05, 4.69) is 71.9 Å². The molecule has 5 rings (SSSR count). The van der Waals surface area contributed by atoms with Crippen molar-refractivity contribution in [2.24, 2.45) is 0 Å². The van der Waals surface area contributed by atoms with Crippen molar-refractivity contribution in [2.75, 3.05) is 19.0 Å². The second-order valence-corrected chi connectivity index (χ2v) is 11.7. The Kier molecular flexibility index (Phi) is 7.55. The Morgan fingerprint density at radius 3 is 2.48 bits per heavy atom. The summed E-state index contributed by atoms with van der Waals surface area (Å²) in [4.78, 5) is 22.2. The van der Waals surface area contributed by atoms with Crippen LogP contribution in [-0.2, 0) is 15.0 Å². The summed E-state index contributed by atoms with van der Waals surface area (Å²) >= 11 is 0. The maximum absolute atomic E-state index is 12.7. The molecule has 2 heterocycles. The number of fused-ring (bicyclic) bond motifs is 1. The van der Waals surface area contributed by atoms with E-state index in [1.807, 2.05) is 37.4 Å². The molecular formula is C32H39N5O3. The lowest BCUT2D eigenvalue weighted by Crippen LogP contribution is -2.52. The lowest BCUT2D eigenvalue weighted by molar-refractivity contribution is 0.0377. The number of hydrogen-bond donors (Lipinski definition) is 2. The first-order valence-corrected chi connectivity index (χ1v) is 13.9. The van der Waals surface area contributed by atoms with E-state index in [1.54, 1.807) is 13.3 Å². The van der Waals surface area contributed by atoms with E-state index in [1.165, 1.54) is 0 Å². The van der Waals surface area contributed by atoms with Gasteiger partial charge in [0, 0.05) is 36.7 Å². The second kappa shape index (κ2) is 10.9. The van der Waals surface area contributed by atoms with Crippen LogP contribution in [0.15, 0.2) is 60.9 Å². The van der Waals surface area contributed by atoms with Crippen LogP contribution in [0.5, 0.6) is 0 Å². The number of ether oxygens (including phenoxy) is 2. The molecule has 2 aromatic heterocycles. The molecule has 1 saturated carbocycles. The maximum Gasteiger partial charge on any atom is 0.408 e. The Hall–Kier alpha value is -3.91. The molecule has 1 aliphatic rings. The Bertz CT molecular complexity index is 1500. The van der Waals surface area contributed by atoms with Crippen LogP contribution in [0.3, 0.4) is 0 Å². The molecule has 1 amide bonds. The highest BCUT2D eigenvalue weighted by Gasteiger charge is 2.41. The van der Waals surface area contributed by atoms with Gasteiger partial charge in [0.2, 0.25) is 5.78 Å². The molecule has 0 saturated heterocycles. The van der Waals surface area contributed by atoms with Crippen molar-refractivity contribution in [3.05, 3.63) is 72.1 Å². The van der Waals surface area contributed by atoms with Crippen LogP contribution < -0.4 is 10.6 Å². The molecule has 0 unspecified atom stereocenters. The van der Waals surface area contributed by atoms with Gasteiger partial charge >= 0.3 is 6.09 Å². The molecule has 2 N–H and O–H groups in total. The van der Waals surface area contributed by atoms with Gasteiger partial charge in [0.05, 0.1) is 17.8 Å². The number of carbonyl (C=O) groups is 1. The number of carbonyl (C=O) groups excluding carboxylic acids is 1. The van der Waals surface area contributed by atoms with Crippen molar-refractivity contribution in [3.8, 4) is 22.4 Å². The number of benzene rings is 2. The third-order valence-electron chi connectivity index (χ3n) is 7.42. The highest BCUT2D eigenvalue weighted by Crippen LogP contribution is 2.43. The fourth-order valence-electron chi connectivity index (χ4n) is 5.39. The molecule has 2 aromatic carbocycles. The molecule has 8 heteroatoms. The standard InChI is InChI=1S/C32H39N5O3/c1-21-10-7-8-11-25(21)26-27(35-29-33-18-19-37(29)28(26)34-22(2)20-39-6)23-12-14-24(15-13-23)32(16-9-17-32)36-30(38)40-31(3,4)5/h7-8,10-15,18-19,22,34H,9,16-17,20H2,1-6H3,(H,36,38)/t22-/m0/s1. The number of amides is 1. The van der Waals surface area contributed by atoms with Gasteiger partial charge in [-0.3, -0.25) is 4.40 Å². The van der Waals surface area contributed by atoms with Gasteiger partial charge in [-0.25, -0.2) is 14.8 Å². The summed E-state index contributed by atoms with van der Waals surface area (Å²) in [6, 6.07) is 16.8. The SMILES string of the molecule is COC[C@H](C)Nc1c(-c2ccccc2C)c(-c2ccc(C3(NC(=O)OC(C)(C)C)CCC3)cc2)nc2nccn12. The molecule has 0 radical (unpaired) electrons. The molecule has 0 bridgehead atoms. The number of anilines is 1. The number of imidazole rings is 1. The lowest BCUT2D eigenvalue weighted by atomic mass is 9.71. The van der Waals surface area contributed by atoms with Crippen LogP contribution in [0.4, 0.5) is 10.6 Å². The van der Waals surface area contributed by atoms with Gasteiger partial charge in [-0.2, -0.15) is 0 Å². The number of methoxy groups -OCH3 is 1. The van der Waals surface area contributed by atoms with E-state index in [0.29, 0.717) is 12.4 Å². The van der Waals surface area contributed by atoms with Gasteiger partial charge in [-0.1, -0.05) is 48.5 Å². The molecule has 4 aromatic rings. The third kappa shape index (κ3) is 5.54. The van der Waals surface area contributed by atoms with Gasteiger partial charge in [-0.15, -0.1) is 0 Å². The van der Waals surface area contributed by atoms with E-state index in [0.717, 1.165) is 58.6 Å². The first-order chi connectivity index (χ1) is 19.1. The first-order valence-electron chi connectivity index (χ1n) is 13.9. The summed E-state index contributed by atoms with van der Waals surface area (Å²) in [5, 5.41) is 6.83. The Morgan fingerprint density at radius 2 is 1.85 bits per heavy atom. The molecule has 40 heavy (non-hydrogen) atoms. The number of rotatable bonds is 8. The molecular weight excluding hydrogens is 502 g/mol. The maximum atomic E-state index is 12.7. The van der Waals surface area contributed by atoms with Crippen LogP contribution in [0, 0.1) is 6.92 Å². The van der Waals surface area contributed by atoms with Gasteiger partial charge in [0.25, 0.3) is 0 Å². The summed E-state index contributed by atoms with van der Waals surface area (Å²) < 4.78 is 13.0. The molecule has 1 fully saturated rings. The quantitative estimate of drug-likeness (QED) is 0.257. The van der Waals surface area contributed by atoms with Crippen molar-refractivity contribution >= 4 is 17.7 Å². The molecule has 0 aliphatic heterocycles. The van der Waals surface area contributed by atoms with E-state index in [4.69, 9.17) is 14.5 Å². The molecule has 1 aliphatic carbocycles. The third-order valence-corrected chi connectivity index (χ3v) is 7.42. The number of nitrogens with zero attached hydrogens (tertiary/aromatic N) is 3. The van der Waals surface area contributed by atoms with Crippen LogP contribution in [0.25, 0.3) is 28.2 Å². The summed E-state index contributed by atoms with van der Waals surface area (Å²) in [5.41, 5.74) is 5.18. The van der Waals surface area contributed by atoms with Crippen molar-refractivity contribution in [2.45, 2.75) is 71.1 Å². The Labute approximate surface area is 236 Å². The summed E-state index contributed by atoms with van der Waals surface area (Å²) in [6.07, 6.45) is 6.13. The monoisotopic (exact) mass is 541 g/mol. The van der Waals surface area contributed by atoms with Crippen LogP contribution in [0.2, 0.25) is 0 Å². The number of nitrogens with one attached hydrogen (secondary N) is 2. The van der Waals surface area contributed by atoms with Crippen LogP contribution in [-0.4, -0.2) is 45.8 Å². The summed E-state index contributed by atoms with van der Waals surface area (Å²) in [7, 11) is 1.71. The fraction of sp³-hybridized carbons (Fsp3) is 0.406. The number of alkyl carbamates (subject to hydrolysis) is 1. The second-order valence-electron chi connectivity index (χ2n) is 11.7. The molecule has 0 spiro atoms. The van der Waals surface area contributed by atoms with Gasteiger partial charge in [-0.05, 0) is 70.6 Å². The largest absolute Gasteiger partial charge is 0.444 e. The number of aromatic nitrogens is 3. The van der Waals surface area contributed by atoms with Crippen LogP contribution in [0.1, 0.15) is 58.1 Å². The van der Waals surface area contributed by atoms with Gasteiger partial charge in [0.1, 0.15) is 11.4 Å². The number of hydrogen-bond acceptors (Lipinski definition) is 6. The summed E-state index contributed by atoms with van der Waals surface area (Å²) in [5.74, 6) is 1.54. The van der Waals surface area contributed by atoms with Crippen molar-refractivity contribution in [1.29, 1.82) is 0 Å². The fourth-order valence-corrected chi connectivity index (χ4v) is 5.39. The minimum absolute atomic E-state index is 0.0633. The van der Waals surface area contributed by atoms with Crippen molar-refractivity contribution < 1.29 is 14.3 Å². The minimum Gasteiger partial charge on any atom is -0.444 e. The smallest absolute Gasteiger partial charge is 0.408 e. The predicted octanol–water partition coefficient (Wildman–Crippen LogP) is 6.72. The Balaban J connectivity index is 1.60. The predicted molar refractivity (Wildman–Crippen MR) is 158 cm³/mol. The van der Waals surface area contributed by atoms with Crippen molar-refractivity contribution in [1.82, 2.24) is 19.7 Å². The summed E-state index contributed by atoms with van der Waals surface area (Å²) in [6.45, 7) is 10.4. The molecule has 210 valence electrons. The average molecular weight is 542 g/mol. The first kappa shape index (κ1) is 27.6. The average Bonchev–Trinajstić information content (AvgIpc) is 3.35. The van der Waals surface area contributed by atoms with E-state index < -0.39 is 11.1 Å². The lowest BCUT2D eigenvalue weighted by Gasteiger charge is -2.43. The highest BCUT2D eigenvalue weighted by molar-refractivity contribution is 5.91. The zero-order chi connectivity index (χ0) is 28.5. The van der Waals surface area contributed by atoms with E-state index >= 15 is 0 Å². The Morgan fingerprint density at radius 1 is 1.12 bits per heavy atom. The normalized spacial score (nSPS) is 15.3.